The van der Waals surface area contributed by atoms with Gasteiger partial charge < -0.3 is 5.32 Å². The van der Waals surface area contributed by atoms with E-state index in [-0.39, 0.29) is 17.8 Å². The third kappa shape index (κ3) is 3.31. The smallest absolute Gasteiger partial charge is 0.194 e. The number of hydrogen-bond acceptors (Lipinski definition) is 4. The second-order valence-corrected chi connectivity index (χ2v) is 6.91. The lowest BCUT2D eigenvalue weighted by Gasteiger charge is -2.29. The van der Waals surface area contributed by atoms with Gasteiger partial charge in [0.1, 0.15) is 0 Å². The lowest BCUT2D eigenvalue weighted by Crippen LogP contribution is -2.37. The van der Waals surface area contributed by atoms with Crippen molar-refractivity contribution in [3.8, 4) is 0 Å². The molecular formula is C19H19ClN2OS. The molecule has 2 heterocycles. The molecular weight excluding hydrogens is 340 g/mol. The zero-order valence-electron chi connectivity index (χ0n) is 13.2. The highest BCUT2D eigenvalue weighted by Crippen LogP contribution is 2.29. The Bertz CT molecular complexity index is 895. The number of nitrogens with zero attached hydrogens (tertiary/aromatic N) is 1. The number of rotatable bonds is 3. The van der Waals surface area contributed by atoms with Crippen LogP contribution >= 0.6 is 23.7 Å². The summed E-state index contributed by atoms with van der Waals surface area (Å²) in [5.74, 6) is 0. The van der Waals surface area contributed by atoms with Crippen LogP contribution in [0.5, 0.6) is 0 Å². The van der Waals surface area contributed by atoms with Gasteiger partial charge in [-0.05, 0) is 24.1 Å². The van der Waals surface area contributed by atoms with Crippen LogP contribution in [0.4, 0.5) is 5.00 Å². The Morgan fingerprint density at radius 2 is 1.79 bits per heavy atom. The molecule has 0 bridgehead atoms. The monoisotopic (exact) mass is 358 g/mol. The minimum atomic E-state index is 0. The maximum atomic E-state index is 12.7. The minimum absolute atomic E-state index is 0. The molecule has 0 aliphatic carbocycles. The van der Waals surface area contributed by atoms with Gasteiger partial charge in [-0.2, -0.15) is 0 Å². The summed E-state index contributed by atoms with van der Waals surface area (Å²) in [7, 11) is 0. The lowest BCUT2D eigenvalue weighted by molar-refractivity contribution is 0.279. The summed E-state index contributed by atoms with van der Waals surface area (Å²) in [5.41, 5.74) is 2.42. The molecule has 3 nitrogen and oxygen atoms in total. The maximum absolute atomic E-state index is 12.7. The fraction of sp³-hybridized carbons (Fsp3) is 0.211. The standard InChI is InChI=1S/C19H18N2OS.ClH/c22-18-15-8-4-5-9-17(15)23-19-16(18)12-21(13-20-19)11-10-14-6-2-1-3-7-14;/h1-9,20H,10-13H2;1H. The van der Waals surface area contributed by atoms with Crippen molar-refractivity contribution in [2.75, 3.05) is 18.5 Å². The van der Waals surface area contributed by atoms with Crippen LogP contribution in [0, 0.1) is 0 Å². The van der Waals surface area contributed by atoms with E-state index in [1.54, 1.807) is 11.3 Å². The van der Waals surface area contributed by atoms with Crippen LogP contribution in [-0.2, 0) is 13.0 Å². The van der Waals surface area contributed by atoms with Crippen molar-refractivity contribution in [3.63, 3.8) is 0 Å². The van der Waals surface area contributed by atoms with Crippen LogP contribution in [0.25, 0.3) is 10.1 Å². The van der Waals surface area contributed by atoms with Crippen molar-refractivity contribution < 1.29 is 0 Å². The van der Waals surface area contributed by atoms with E-state index < -0.39 is 0 Å². The predicted molar refractivity (Wildman–Crippen MR) is 104 cm³/mol. The average Bonchev–Trinajstić information content (AvgIpc) is 2.61. The first-order valence-corrected chi connectivity index (χ1v) is 8.68. The van der Waals surface area contributed by atoms with Gasteiger partial charge in [-0.1, -0.05) is 42.5 Å². The molecule has 0 unspecified atom stereocenters. The van der Waals surface area contributed by atoms with Gasteiger partial charge in [0, 0.05) is 28.7 Å². The highest BCUT2D eigenvalue weighted by atomic mass is 35.5. The summed E-state index contributed by atoms with van der Waals surface area (Å²) < 4.78 is 1.06. The molecule has 3 aromatic rings. The molecule has 0 spiro atoms. The van der Waals surface area contributed by atoms with Gasteiger partial charge in [0.2, 0.25) is 0 Å². The van der Waals surface area contributed by atoms with Crippen LogP contribution in [0.2, 0.25) is 0 Å². The van der Waals surface area contributed by atoms with Crippen LogP contribution in [-0.4, -0.2) is 18.1 Å². The zero-order valence-corrected chi connectivity index (χ0v) is 14.8. The van der Waals surface area contributed by atoms with Gasteiger partial charge in [0.25, 0.3) is 0 Å². The fourth-order valence-electron chi connectivity index (χ4n) is 3.02. The summed E-state index contributed by atoms with van der Waals surface area (Å²) >= 11 is 1.68. The van der Waals surface area contributed by atoms with Crippen molar-refractivity contribution in [3.05, 3.63) is 75.9 Å². The van der Waals surface area contributed by atoms with Crippen LogP contribution in [0.15, 0.2) is 59.4 Å². The molecule has 4 rings (SSSR count). The summed E-state index contributed by atoms with van der Waals surface area (Å²) in [4.78, 5) is 15.0. The zero-order chi connectivity index (χ0) is 15.6. The molecule has 1 aliphatic heterocycles. The third-order valence-corrected chi connectivity index (χ3v) is 5.47. The number of halogens is 1. The van der Waals surface area contributed by atoms with Crippen LogP contribution in [0.1, 0.15) is 11.1 Å². The van der Waals surface area contributed by atoms with E-state index in [1.807, 2.05) is 30.3 Å². The van der Waals surface area contributed by atoms with Crippen LogP contribution in [0.3, 0.4) is 0 Å². The second kappa shape index (κ2) is 7.34. The SMILES string of the molecule is Cl.O=c1c2c(sc3ccccc13)NCN(CCc1ccccc1)C2. The number of fused-ring (bicyclic) bond motifs is 2. The van der Waals surface area contributed by atoms with Crippen molar-refractivity contribution in [1.29, 1.82) is 0 Å². The molecule has 0 amide bonds. The van der Waals surface area contributed by atoms with Crippen molar-refractivity contribution in [2.24, 2.45) is 0 Å². The predicted octanol–water partition coefficient (Wildman–Crippen LogP) is 4.11. The molecule has 0 fully saturated rings. The van der Waals surface area contributed by atoms with Gasteiger partial charge in [-0.25, -0.2) is 0 Å². The summed E-state index contributed by atoms with van der Waals surface area (Å²) in [5, 5.41) is 5.29. The summed E-state index contributed by atoms with van der Waals surface area (Å²) in [6, 6.07) is 18.4. The molecule has 1 N–H and O–H groups in total. The van der Waals surface area contributed by atoms with Gasteiger partial charge in [-0.3, -0.25) is 9.69 Å². The van der Waals surface area contributed by atoms with Crippen molar-refractivity contribution in [2.45, 2.75) is 13.0 Å². The lowest BCUT2D eigenvalue weighted by atomic mass is 10.1. The van der Waals surface area contributed by atoms with Crippen LogP contribution < -0.4 is 10.7 Å². The molecule has 0 saturated heterocycles. The molecule has 1 aliphatic rings. The molecule has 124 valence electrons. The van der Waals surface area contributed by atoms with E-state index in [0.717, 1.165) is 46.8 Å². The Kier molecular flexibility index (Phi) is 5.19. The van der Waals surface area contributed by atoms with E-state index in [4.69, 9.17) is 0 Å². The summed E-state index contributed by atoms with van der Waals surface area (Å²) in [6.45, 7) is 2.48. The van der Waals surface area contributed by atoms with E-state index in [0.29, 0.717) is 0 Å². The Hall–Kier alpha value is -1.88. The Morgan fingerprint density at radius 1 is 1.04 bits per heavy atom. The molecule has 1 aromatic heterocycles. The van der Waals surface area contributed by atoms with Gasteiger partial charge in [0.05, 0.1) is 11.7 Å². The van der Waals surface area contributed by atoms with Crippen molar-refractivity contribution >= 4 is 38.8 Å². The number of anilines is 1. The number of hydrogen-bond donors (Lipinski definition) is 1. The first-order chi connectivity index (χ1) is 11.3. The number of benzene rings is 2. The minimum Gasteiger partial charge on any atom is -0.364 e. The highest BCUT2D eigenvalue weighted by molar-refractivity contribution is 7.22. The second-order valence-electron chi connectivity index (χ2n) is 5.86. The molecule has 5 heteroatoms. The van der Waals surface area contributed by atoms with E-state index in [9.17, 15) is 4.79 Å². The topological polar surface area (TPSA) is 32.3 Å². The van der Waals surface area contributed by atoms with E-state index in [1.165, 1.54) is 5.56 Å². The molecule has 24 heavy (non-hydrogen) atoms. The highest BCUT2D eigenvalue weighted by Gasteiger charge is 2.20. The summed E-state index contributed by atoms with van der Waals surface area (Å²) in [6.07, 6.45) is 1.00. The molecule has 0 atom stereocenters. The molecule has 0 radical (unpaired) electrons. The van der Waals surface area contributed by atoms with E-state index >= 15 is 0 Å². The normalized spacial score (nSPS) is 13.8. The number of nitrogens with one attached hydrogen (secondary N) is 1. The Morgan fingerprint density at radius 3 is 2.62 bits per heavy atom. The first kappa shape index (κ1) is 17.0. The van der Waals surface area contributed by atoms with Gasteiger partial charge in [0.15, 0.2) is 5.43 Å². The Labute approximate surface area is 151 Å². The quantitative estimate of drug-likeness (QED) is 0.764. The fourth-order valence-corrected chi connectivity index (χ4v) is 4.07. The third-order valence-electron chi connectivity index (χ3n) is 4.30. The maximum Gasteiger partial charge on any atom is 0.194 e. The van der Waals surface area contributed by atoms with E-state index in [2.05, 4.69) is 34.5 Å². The van der Waals surface area contributed by atoms with Gasteiger partial charge in [-0.15, -0.1) is 23.7 Å². The first-order valence-electron chi connectivity index (χ1n) is 7.86. The average molecular weight is 359 g/mol. The molecule has 0 saturated carbocycles. The van der Waals surface area contributed by atoms with Gasteiger partial charge >= 0.3 is 0 Å². The molecule has 2 aromatic carbocycles. The van der Waals surface area contributed by atoms with Crippen molar-refractivity contribution in [1.82, 2.24) is 4.90 Å². The largest absolute Gasteiger partial charge is 0.364 e. The Balaban J connectivity index is 0.00000169.